The molecule has 1 aliphatic heterocycles. The number of ether oxygens (including phenoxy) is 1. The maximum Gasteiger partial charge on any atom is 0.356 e. The first kappa shape index (κ1) is 13.3. The van der Waals surface area contributed by atoms with Gasteiger partial charge in [0.2, 0.25) is 0 Å². The van der Waals surface area contributed by atoms with Crippen molar-refractivity contribution in [2.24, 2.45) is 5.41 Å². The van der Waals surface area contributed by atoms with Gasteiger partial charge in [0.25, 0.3) is 5.91 Å². The summed E-state index contributed by atoms with van der Waals surface area (Å²) in [6.07, 6.45) is -0.625. The van der Waals surface area contributed by atoms with E-state index in [0.717, 1.165) is 0 Å². The molecule has 100 valence electrons. The molecular formula is C15H17NO3. The van der Waals surface area contributed by atoms with E-state index >= 15 is 0 Å². The van der Waals surface area contributed by atoms with Crippen LogP contribution in [-0.4, -0.2) is 23.0 Å². The van der Waals surface area contributed by atoms with Crippen molar-refractivity contribution in [1.29, 1.82) is 0 Å². The van der Waals surface area contributed by atoms with Crippen LogP contribution < -0.4 is 0 Å². The molecule has 19 heavy (non-hydrogen) atoms. The van der Waals surface area contributed by atoms with Crippen LogP contribution in [-0.2, 0) is 9.53 Å². The Labute approximate surface area is 112 Å². The summed E-state index contributed by atoms with van der Waals surface area (Å²) in [6, 6.07) is 8.80. The third-order valence-electron chi connectivity index (χ3n) is 2.96. The Bertz CT molecular complexity index is 528. The largest absolute Gasteiger partial charge is 0.436 e. The molecule has 1 unspecified atom stereocenters. The number of carbonyl (C=O) groups is 2. The van der Waals surface area contributed by atoms with Crippen LogP contribution in [0.4, 0.5) is 0 Å². The van der Waals surface area contributed by atoms with E-state index in [2.05, 4.69) is 6.58 Å². The Morgan fingerprint density at radius 1 is 1.26 bits per heavy atom. The van der Waals surface area contributed by atoms with E-state index in [1.165, 1.54) is 4.90 Å². The Morgan fingerprint density at radius 2 is 1.84 bits per heavy atom. The van der Waals surface area contributed by atoms with Gasteiger partial charge in [-0.1, -0.05) is 45.5 Å². The molecule has 1 saturated heterocycles. The zero-order chi connectivity index (χ0) is 14.2. The highest BCUT2D eigenvalue weighted by molar-refractivity contribution is 6.02. The van der Waals surface area contributed by atoms with E-state index in [-0.39, 0.29) is 17.0 Å². The van der Waals surface area contributed by atoms with Crippen LogP contribution in [0.2, 0.25) is 0 Å². The Kier molecular flexibility index (Phi) is 3.18. The lowest BCUT2D eigenvalue weighted by atomic mass is 9.93. The van der Waals surface area contributed by atoms with Crippen molar-refractivity contribution in [3.63, 3.8) is 0 Å². The van der Waals surface area contributed by atoms with Crippen LogP contribution in [0.1, 0.15) is 31.1 Å². The molecule has 1 amide bonds. The van der Waals surface area contributed by atoms with Gasteiger partial charge < -0.3 is 4.74 Å². The first-order valence-electron chi connectivity index (χ1n) is 6.11. The van der Waals surface area contributed by atoms with Crippen LogP contribution in [0.3, 0.4) is 0 Å². The summed E-state index contributed by atoms with van der Waals surface area (Å²) in [5.74, 6) is -0.805. The molecule has 1 atom stereocenters. The Hall–Kier alpha value is -2.10. The average Bonchev–Trinajstić information content (AvgIpc) is 2.66. The fourth-order valence-electron chi connectivity index (χ4n) is 1.97. The predicted molar refractivity (Wildman–Crippen MR) is 71.1 cm³/mol. The number of amides is 1. The average molecular weight is 259 g/mol. The molecule has 1 fully saturated rings. The number of hydrogen-bond donors (Lipinski definition) is 0. The van der Waals surface area contributed by atoms with Crippen molar-refractivity contribution in [3.05, 3.63) is 48.2 Å². The summed E-state index contributed by atoms with van der Waals surface area (Å²) in [7, 11) is 0. The second-order valence-electron chi connectivity index (χ2n) is 5.61. The van der Waals surface area contributed by atoms with E-state index < -0.39 is 12.2 Å². The van der Waals surface area contributed by atoms with Gasteiger partial charge in [0.1, 0.15) is 5.70 Å². The fraction of sp³-hybridized carbons (Fsp3) is 0.333. The smallest absolute Gasteiger partial charge is 0.356 e. The van der Waals surface area contributed by atoms with Crippen LogP contribution in [0.25, 0.3) is 0 Å². The Balaban J connectivity index is 2.38. The maximum absolute atomic E-state index is 12.5. The summed E-state index contributed by atoms with van der Waals surface area (Å²) in [4.78, 5) is 25.5. The molecule has 1 aromatic carbocycles. The van der Waals surface area contributed by atoms with Gasteiger partial charge in [0.15, 0.2) is 6.23 Å². The van der Waals surface area contributed by atoms with Gasteiger partial charge in [0.05, 0.1) is 0 Å². The number of esters is 1. The van der Waals surface area contributed by atoms with Gasteiger partial charge in [-0.2, -0.15) is 0 Å². The quantitative estimate of drug-likeness (QED) is 0.575. The van der Waals surface area contributed by atoms with Gasteiger partial charge in [-0.3, -0.25) is 9.69 Å². The minimum Gasteiger partial charge on any atom is -0.436 e. The normalized spacial score (nSPS) is 19.5. The summed E-state index contributed by atoms with van der Waals surface area (Å²) >= 11 is 0. The van der Waals surface area contributed by atoms with E-state index in [9.17, 15) is 9.59 Å². The molecule has 0 spiro atoms. The second kappa shape index (κ2) is 4.53. The van der Waals surface area contributed by atoms with Crippen molar-refractivity contribution in [2.45, 2.75) is 27.0 Å². The van der Waals surface area contributed by atoms with Crippen LogP contribution in [0, 0.1) is 5.41 Å². The highest BCUT2D eigenvalue weighted by atomic mass is 16.6. The van der Waals surface area contributed by atoms with E-state index in [1.54, 1.807) is 24.3 Å². The minimum atomic E-state index is -0.625. The van der Waals surface area contributed by atoms with Gasteiger partial charge in [-0.15, -0.1) is 0 Å². The van der Waals surface area contributed by atoms with E-state index in [4.69, 9.17) is 4.74 Å². The van der Waals surface area contributed by atoms with Gasteiger partial charge in [-0.05, 0) is 12.1 Å². The van der Waals surface area contributed by atoms with E-state index in [1.807, 2.05) is 26.8 Å². The summed E-state index contributed by atoms with van der Waals surface area (Å²) in [5, 5.41) is 0. The number of nitrogens with zero attached hydrogens (tertiary/aromatic N) is 1. The monoisotopic (exact) mass is 259 g/mol. The molecule has 1 aliphatic rings. The molecule has 4 nitrogen and oxygen atoms in total. The zero-order valence-corrected chi connectivity index (χ0v) is 11.3. The van der Waals surface area contributed by atoms with E-state index in [0.29, 0.717) is 5.56 Å². The molecule has 1 aromatic rings. The number of hydrogen-bond acceptors (Lipinski definition) is 3. The molecule has 2 rings (SSSR count). The fourth-order valence-corrected chi connectivity index (χ4v) is 1.97. The SMILES string of the molecule is C=C1C(=O)OC(C(C)(C)C)N1C(=O)c1ccccc1. The van der Waals surface area contributed by atoms with Crippen molar-refractivity contribution in [1.82, 2.24) is 4.90 Å². The number of cyclic esters (lactones) is 1. The molecule has 0 radical (unpaired) electrons. The molecule has 0 N–H and O–H groups in total. The van der Waals surface area contributed by atoms with Crippen molar-refractivity contribution in [2.75, 3.05) is 0 Å². The highest BCUT2D eigenvalue weighted by Gasteiger charge is 2.45. The molecule has 0 aromatic heterocycles. The third kappa shape index (κ3) is 2.38. The number of benzene rings is 1. The molecule has 0 aliphatic carbocycles. The number of carbonyl (C=O) groups excluding carboxylic acids is 2. The van der Waals surface area contributed by atoms with Crippen molar-refractivity contribution >= 4 is 11.9 Å². The van der Waals surface area contributed by atoms with Crippen molar-refractivity contribution in [3.8, 4) is 0 Å². The molecule has 0 bridgehead atoms. The molecule has 1 heterocycles. The minimum absolute atomic E-state index is 0.0915. The predicted octanol–water partition coefficient (Wildman–Crippen LogP) is 2.57. The van der Waals surface area contributed by atoms with Gasteiger partial charge in [-0.25, -0.2) is 4.79 Å². The molecule has 4 heteroatoms. The second-order valence-corrected chi connectivity index (χ2v) is 5.61. The lowest BCUT2D eigenvalue weighted by Gasteiger charge is -2.32. The first-order chi connectivity index (χ1) is 8.82. The van der Waals surface area contributed by atoms with Crippen molar-refractivity contribution < 1.29 is 14.3 Å². The maximum atomic E-state index is 12.5. The molecule has 0 saturated carbocycles. The third-order valence-corrected chi connectivity index (χ3v) is 2.96. The molecular weight excluding hydrogens is 242 g/mol. The summed E-state index contributed by atoms with van der Waals surface area (Å²) in [5.41, 5.74) is 0.226. The topological polar surface area (TPSA) is 46.6 Å². The van der Waals surface area contributed by atoms with Gasteiger partial charge >= 0.3 is 5.97 Å². The number of rotatable bonds is 1. The van der Waals surface area contributed by atoms with Crippen LogP contribution >= 0.6 is 0 Å². The lowest BCUT2D eigenvalue weighted by Crippen LogP contribution is -2.43. The first-order valence-corrected chi connectivity index (χ1v) is 6.11. The standard InChI is InChI=1S/C15H17NO3/c1-10-13(18)19-14(15(2,3)4)16(10)12(17)11-8-6-5-7-9-11/h5-9,14H,1H2,2-4H3. The zero-order valence-electron chi connectivity index (χ0n) is 11.3. The van der Waals surface area contributed by atoms with Gasteiger partial charge in [0, 0.05) is 11.0 Å². The van der Waals surface area contributed by atoms with Crippen LogP contribution in [0.5, 0.6) is 0 Å². The Morgan fingerprint density at radius 3 is 2.37 bits per heavy atom. The lowest BCUT2D eigenvalue weighted by molar-refractivity contribution is -0.145. The summed E-state index contributed by atoms with van der Waals surface area (Å²) < 4.78 is 5.26. The summed E-state index contributed by atoms with van der Waals surface area (Å²) in [6.45, 7) is 9.39. The highest BCUT2D eigenvalue weighted by Crippen LogP contribution is 2.34. The van der Waals surface area contributed by atoms with Crippen LogP contribution in [0.15, 0.2) is 42.6 Å².